The van der Waals surface area contributed by atoms with Crippen LogP contribution in [0.5, 0.6) is 5.75 Å². The number of para-hydroxylation sites is 1. The smallest absolute Gasteiger partial charge is 0.182 e. The van der Waals surface area contributed by atoms with Gasteiger partial charge in [0.15, 0.2) is 11.6 Å². The Labute approximate surface area is 168 Å². The molecule has 0 fully saturated rings. The largest absolute Gasteiger partial charge is 0.496 e. The van der Waals surface area contributed by atoms with E-state index in [1.807, 2.05) is 72.8 Å². The van der Waals surface area contributed by atoms with Gasteiger partial charge in [0, 0.05) is 16.7 Å². The first-order valence-corrected chi connectivity index (χ1v) is 9.26. The number of carbonyl (C=O) groups excluding carboxylic acids is 1. The molecule has 4 rings (SSSR count). The van der Waals surface area contributed by atoms with Gasteiger partial charge in [-0.15, -0.1) is 5.10 Å². The van der Waals surface area contributed by atoms with E-state index in [0.29, 0.717) is 17.9 Å². The van der Waals surface area contributed by atoms with Gasteiger partial charge in [-0.1, -0.05) is 66.7 Å². The number of tetrazole rings is 1. The number of carbonyl (C=O) groups is 1. The van der Waals surface area contributed by atoms with Crippen molar-refractivity contribution < 1.29 is 9.53 Å². The van der Waals surface area contributed by atoms with Gasteiger partial charge >= 0.3 is 0 Å². The lowest BCUT2D eigenvalue weighted by Crippen LogP contribution is -2.06. The Hall–Kier alpha value is -3.80. The van der Waals surface area contributed by atoms with Crippen LogP contribution in [0.2, 0.25) is 0 Å². The molecule has 0 spiro atoms. The lowest BCUT2D eigenvalue weighted by Gasteiger charge is -2.12. The van der Waals surface area contributed by atoms with Crippen LogP contribution in [-0.2, 0) is 6.54 Å². The monoisotopic (exact) mass is 384 g/mol. The van der Waals surface area contributed by atoms with Gasteiger partial charge in [-0.3, -0.25) is 4.79 Å². The van der Waals surface area contributed by atoms with Crippen LogP contribution in [0.1, 0.15) is 22.8 Å². The number of nitrogens with zero attached hydrogens (tertiary/aromatic N) is 4. The van der Waals surface area contributed by atoms with Gasteiger partial charge < -0.3 is 4.74 Å². The molecule has 0 aliphatic rings. The highest BCUT2D eigenvalue weighted by Gasteiger charge is 2.16. The quantitative estimate of drug-likeness (QED) is 0.465. The van der Waals surface area contributed by atoms with Crippen molar-refractivity contribution in [2.24, 2.45) is 0 Å². The average molecular weight is 384 g/mol. The predicted molar refractivity (Wildman–Crippen MR) is 111 cm³/mol. The van der Waals surface area contributed by atoms with E-state index in [-0.39, 0.29) is 5.78 Å². The first-order chi connectivity index (χ1) is 14.2. The molecule has 0 aliphatic heterocycles. The molecular weight excluding hydrogens is 364 g/mol. The normalized spacial score (nSPS) is 10.7. The molecule has 29 heavy (non-hydrogen) atoms. The number of ether oxygens (including phenoxy) is 1. The van der Waals surface area contributed by atoms with Crippen molar-refractivity contribution in [3.8, 4) is 28.3 Å². The molecule has 0 saturated carbocycles. The van der Waals surface area contributed by atoms with Gasteiger partial charge in [-0.05, 0) is 34.5 Å². The van der Waals surface area contributed by atoms with Gasteiger partial charge in [0.1, 0.15) is 5.75 Å². The molecule has 0 unspecified atom stereocenters. The first-order valence-electron chi connectivity index (χ1n) is 9.26. The second kappa shape index (κ2) is 8.06. The average Bonchev–Trinajstić information content (AvgIpc) is 3.22. The molecule has 0 radical (unpaired) electrons. The van der Waals surface area contributed by atoms with Crippen molar-refractivity contribution in [1.82, 2.24) is 20.2 Å². The fourth-order valence-electron chi connectivity index (χ4n) is 3.31. The maximum Gasteiger partial charge on any atom is 0.182 e. The van der Waals surface area contributed by atoms with Gasteiger partial charge in [-0.2, -0.15) is 0 Å². The Morgan fingerprint density at radius 1 is 0.931 bits per heavy atom. The number of Topliss-reactive ketones (excluding diaryl/α,β-unsaturated/α-hetero) is 1. The summed E-state index contributed by atoms with van der Waals surface area (Å²) in [5.74, 6) is 1.51. The summed E-state index contributed by atoms with van der Waals surface area (Å²) >= 11 is 0. The number of aromatic nitrogens is 4. The van der Waals surface area contributed by atoms with Gasteiger partial charge in [0.2, 0.25) is 0 Å². The van der Waals surface area contributed by atoms with Crippen LogP contribution in [0.4, 0.5) is 0 Å². The fraction of sp³-hybridized carbons (Fsp3) is 0.130. The molecule has 144 valence electrons. The summed E-state index contributed by atoms with van der Waals surface area (Å²) in [7, 11) is 1.65. The maximum atomic E-state index is 11.6. The second-order valence-corrected chi connectivity index (χ2v) is 6.65. The predicted octanol–water partition coefficient (Wildman–Crippen LogP) is 4.27. The summed E-state index contributed by atoms with van der Waals surface area (Å²) in [4.78, 5) is 11.6. The molecule has 0 aliphatic carbocycles. The number of rotatable bonds is 6. The second-order valence-electron chi connectivity index (χ2n) is 6.65. The van der Waals surface area contributed by atoms with Gasteiger partial charge in [0.25, 0.3) is 0 Å². The molecule has 0 atom stereocenters. The number of methoxy groups -OCH3 is 1. The summed E-state index contributed by atoms with van der Waals surface area (Å²) in [6.45, 7) is 2.05. The highest BCUT2D eigenvalue weighted by molar-refractivity contribution is 5.94. The third-order valence-electron chi connectivity index (χ3n) is 4.81. The molecule has 1 aromatic heterocycles. The van der Waals surface area contributed by atoms with E-state index >= 15 is 0 Å². The Kier molecular flexibility index (Phi) is 5.16. The third kappa shape index (κ3) is 3.78. The van der Waals surface area contributed by atoms with E-state index < -0.39 is 0 Å². The fourth-order valence-corrected chi connectivity index (χ4v) is 3.31. The summed E-state index contributed by atoms with van der Waals surface area (Å²) in [6.07, 6.45) is 0. The molecule has 6 nitrogen and oxygen atoms in total. The van der Waals surface area contributed by atoms with Gasteiger partial charge in [-0.25, -0.2) is 4.68 Å². The zero-order valence-electron chi connectivity index (χ0n) is 16.2. The number of benzene rings is 3. The summed E-state index contributed by atoms with van der Waals surface area (Å²) in [5, 5.41) is 12.4. The third-order valence-corrected chi connectivity index (χ3v) is 4.81. The number of hydrogen-bond donors (Lipinski definition) is 0. The zero-order valence-corrected chi connectivity index (χ0v) is 16.2. The molecule has 6 heteroatoms. The molecule has 3 aromatic carbocycles. The van der Waals surface area contributed by atoms with E-state index in [1.165, 1.54) is 0 Å². The van der Waals surface area contributed by atoms with Crippen LogP contribution in [0.15, 0.2) is 72.8 Å². The Bertz CT molecular complexity index is 1150. The van der Waals surface area contributed by atoms with Crippen molar-refractivity contribution in [2.45, 2.75) is 13.5 Å². The van der Waals surface area contributed by atoms with E-state index in [1.54, 1.807) is 18.7 Å². The van der Waals surface area contributed by atoms with Crippen LogP contribution >= 0.6 is 0 Å². The van der Waals surface area contributed by atoms with E-state index in [2.05, 4.69) is 15.5 Å². The zero-order chi connectivity index (χ0) is 20.2. The Balaban J connectivity index is 1.74. The molecule has 4 aromatic rings. The molecule has 0 amide bonds. The highest BCUT2D eigenvalue weighted by Crippen LogP contribution is 2.31. The molecular formula is C23H20N4O2. The van der Waals surface area contributed by atoms with Crippen molar-refractivity contribution in [1.29, 1.82) is 0 Å². The molecule has 0 N–H and O–H groups in total. The van der Waals surface area contributed by atoms with Crippen molar-refractivity contribution in [3.05, 3.63) is 83.9 Å². The first kappa shape index (κ1) is 18.6. The highest BCUT2D eigenvalue weighted by atomic mass is 16.5. The lowest BCUT2D eigenvalue weighted by atomic mass is 9.97. The van der Waals surface area contributed by atoms with Crippen molar-refractivity contribution in [2.75, 3.05) is 7.11 Å². The SMILES string of the molecule is COc1ccccc1Cn1nnnc1-c1ccccc1-c1ccc(C(C)=O)cc1. The van der Waals surface area contributed by atoms with Crippen LogP contribution in [0.3, 0.4) is 0 Å². The van der Waals surface area contributed by atoms with Crippen molar-refractivity contribution in [3.63, 3.8) is 0 Å². The summed E-state index contributed by atoms with van der Waals surface area (Å²) in [5.41, 5.74) is 4.60. The topological polar surface area (TPSA) is 69.9 Å². The minimum Gasteiger partial charge on any atom is -0.496 e. The molecule has 0 bridgehead atoms. The Morgan fingerprint density at radius 2 is 1.62 bits per heavy atom. The maximum absolute atomic E-state index is 11.6. The van der Waals surface area contributed by atoms with Crippen molar-refractivity contribution >= 4 is 5.78 Å². The summed E-state index contributed by atoms with van der Waals surface area (Å²) < 4.78 is 7.22. The van der Waals surface area contributed by atoms with E-state index in [9.17, 15) is 4.79 Å². The standard InChI is InChI=1S/C23H20N4O2/c1-16(28)17-11-13-18(14-12-17)20-8-4-5-9-21(20)23-24-25-26-27(23)15-19-7-3-6-10-22(19)29-2/h3-14H,15H2,1-2H3. The number of ketones is 1. The molecule has 0 saturated heterocycles. The minimum atomic E-state index is 0.0468. The molecule has 1 heterocycles. The number of hydrogen-bond acceptors (Lipinski definition) is 5. The minimum absolute atomic E-state index is 0.0468. The summed E-state index contributed by atoms with van der Waals surface area (Å²) in [6, 6.07) is 23.4. The van der Waals surface area contributed by atoms with Crippen LogP contribution in [0, 0.1) is 0 Å². The Morgan fingerprint density at radius 3 is 2.34 bits per heavy atom. The van der Waals surface area contributed by atoms with Gasteiger partial charge in [0.05, 0.1) is 13.7 Å². The van der Waals surface area contributed by atoms with Crippen LogP contribution in [0.25, 0.3) is 22.5 Å². The van der Waals surface area contributed by atoms with E-state index in [0.717, 1.165) is 28.0 Å². The lowest BCUT2D eigenvalue weighted by molar-refractivity contribution is 0.101. The van der Waals surface area contributed by atoms with Crippen LogP contribution < -0.4 is 4.74 Å². The van der Waals surface area contributed by atoms with E-state index in [4.69, 9.17) is 4.74 Å². The van der Waals surface area contributed by atoms with Crippen LogP contribution in [-0.4, -0.2) is 33.1 Å².